The Hall–Kier alpha value is -2.14. The summed E-state index contributed by atoms with van der Waals surface area (Å²) in [7, 11) is 0. The molecule has 1 amide bonds. The van der Waals surface area contributed by atoms with Crippen LogP contribution in [0.3, 0.4) is 0 Å². The average Bonchev–Trinajstić information content (AvgIpc) is 2.89. The maximum absolute atomic E-state index is 11.9. The lowest BCUT2D eigenvalue weighted by Crippen LogP contribution is -2.50. The molecule has 78 valence electrons. The summed E-state index contributed by atoms with van der Waals surface area (Å²) in [5.74, 6) is -0.916. The van der Waals surface area contributed by atoms with Crippen LogP contribution in [0.1, 0.15) is 6.42 Å². The quantitative estimate of drug-likeness (QED) is 0.575. The van der Waals surface area contributed by atoms with E-state index in [9.17, 15) is 15.3 Å². The lowest BCUT2D eigenvalue weighted by atomic mass is 9.60. The average molecular weight is 212 g/mol. The Morgan fingerprint density at radius 3 is 2.38 bits per heavy atom. The number of nitrogens with zero attached hydrogens (tertiary/aromatic N) is 3. The Labute approximate surface area is 91.9 Å². The van der Waals surface area contributed by atoms with Gasteiger partial charge in [-0.2, -0.15) is 15.5 Å². The van der Waals surface area contributed by atoms with Crippen molar-refractivity contribution < 1.29 is 4.79 Å². The molecule has 0 unspecified atom stereocenters. The summed E-state index contributed by atoms with van der Waals surface area (Å²) in [6.45, 7) is 0. The number of carbonyl (C=O) groups is 1. The molecule has 1 fully saturated rings. The number of hydrogen-bond donors (Lipinski definition) is 1. The van der Waals surface area contributed by atoms with Crippen LogP contribution in [0.2, 0.25) is 0 Å². The first-order chi connectivity index (χ1) is 7.63. The Kier molecular flexibility index (Phi) is 1.33. The number of hydrogen-bond acceptors (Lipinski definition) is 4. The molecule has 1 saturated carbocycles. The van der Waals surface area contributed by atoms with E-state index in [-0.39, 0.29) is 17.7 Å². The molecule has 0 radical (unpaired) electrons. The van der Waals surface area contributed by atoms with Crippen molar-refractivity contribution in [3.63, 3.8) is 0 Å². The smallest absolute Gasteiger partial charge is 0.270 e. The lowest BCUT2D eigenvalue weighted by Gasteiger charge is -2.34. The van der Waals surface area contributed by atoms with Gasteiger partial charge in [0, 0.05) is 11.8 Å². The summed E-state index contributed by atoms with van der Waals surface area (Å²) in [6.07, 6.45) is 4.36. The number of fused-ring (bicyclic) bond motifs is 5. The standard InChI is InChI=1S/C11H8N4O/c12-4-10-6-1-2-7(3-6)11(10,5-13)9(16)15-8(10)14/h1-2,6-7H,3H2,(H2,14,15,16)/t6-,7+,10-,11-/m0/s1. The first-order valence-corrected chi connectivity index (χ1v) is 5.03. The fraction of sp³-hybridized carbons (Fsp3) is 0.455. The number of amides is 1. The minimum absolute atomic E-state index is 0.0124. The molecule has 0 aromatic rings. The van der Waals surface area contributed by atoms with Crippen molar-refractivity contribution in [2.24, 2.45) is 33.4 Å². The van der Waals surface area contributed by atoms with Gasteiger partial charge in [-0.1, -0.05) is 12.2 Å². The van der Waals surface area contributed by atoms with E-state index in [0.717, 1.165) is 0 Å². The highest BCUT2D eigenvalue weighted by Crippen LogP contribution is 2.66. The van der Waals surface area contributed by atoms with E-state index in [1.165, 1.54) is 0 Å². The van der Waals surface area contributed by atoms with Gasteiger partial charge < -0.3 is 5.73 Å². The molecule has 4 atom stereocenters. The van der Waals surface area contributed by atoms with Gasteiger partial charge >= 0.3 is 0 Å². The van der Waals surface area contributed by atoms with Crippen LogP contribution >= 0.6 is 0 Å². The largest absolute Gasteiger partial charge is 0.386 e. The van der Waals surface area contributed by atoms with Gasteiger partial charge in [-0.25, -0.2) is 0 Å². The van der Waals surface area contributed by atoms with Crippen LogP contribution in [-0.4, -0.2) is 11.7 Å². The number of aliphatic imine (C=N–C) groups is 1. The Balaban J connectivity index is 2.37. The molecule has 1 heterocycles. The molecule has 2 N–H and O–H groups in total. The highest BCUT2D eigenvalue weighted by atomic mass is 16.2. The SMILES string of the molecule is N#C[C@]12C(=O)N=C(N)[C@]1(C#N)[C@H]1C=C[C@@H]2C1. The predicted octanol–water partition coefficient (Wildman–Crippen LogP) is 0.110. The van der Waals surface area contributed by atoms with E-state index in [2.05, 4.69) is 11.1 Å². The number of amidine groups is 1. The van der Waals surface area contributed by atoms with Gasteiger partial charge in [0.15, 0.2) is 5.41 Å². The molecular formula is C11H8N4O. The van der Waals surface area contributed by atoms with E-state index < -0.39 is 16.7 Å². The van der Waals surface area contributed by atoms with E-state index in [0.29, 0.717) is 6.42 Å². The zero-order valence-corrected chi connectivity index (χ0v) is 8.34. The zero-order chi connectivity index (χ0) is 11.6. The van der Waals surface area contributed by atoms with Crippen molar-refractivity contribution in [2.75, 3.05) is 0 Å². The van der Waals surface area contributed by atoms with E-state index in [1.807, 2.05) is 18.2 Å². The van der Waals surface area contributed by atoms with Gasteiger partial charge in [0.2, 0.25) is 0 Å². The first kappa shape index (κ1) is 9.11. The first-order valence-electron chi connectivity index (χ1n) is 5.03. The summed E-state index contributed by atoms with van der Waals surface area (Å²) < 4.78 is 0. The number of rotatable bonds is 0. The minimum Gasteiger partial charge on any atom is -0.386 e. The molecule has 5 heteroatoms. The summed E-state index contributed by atoms with van der Waals surface area (Å²) in [5, 5.41) is 18.7. The lowest BCUT2D eigenvalue weighted by molar-refractivity contribution is -0.126. The second-order valence-electron chi connectivity index (χ2n) is 4.48. The van der Waals surface area contributed by atoms with Gasteiger partial charge in [-0.3, -0.25) is 4.79 Å². The summed E-state index contributed by atoms with van der Waals surface area (Å²) in [4.78, 5) is 15.6. The molecule has 16 heavy (non-hydrogen) atoms. The molecule has 5 nitrogen and oxygen atoms in total. The van der Waals surface area contributed by atoms with Gasteiger partial charge in [-0.15, -0.1) is 0 Å². The molecular weight excluding hydrogens is 204 g/mol. The molecule has 3 aliphatic rings. The predicted molar refractivity (Wildman–Crippen MR) is 53.5 cm³/mol. The summed E-state index contributed by atoms with van der Waals surface area (Å²) in [6, 6.07) is 4.12. The van der Waals surface area contributed by atoms with Crippen LogP contribution in [0.5, 0.6) is 0 Å². The third kappa shape index (κ3) is 0.563. The van der Waals surface area contributed by atoms with Crippen LogP contribution in [0.25, 0.3) is 0 Å². The molecule has 2 bridgehead atoms. The topological polar surface area (TPSA) is 103 Å². The fourth-order valence-electron chi connectivity index (χ4n) is 3.38. The van der Waals surface area contributed by atoms with Crippen molar-refractivity contribution >= 4 is 11.7 Å². The minimum atomic E-state index is -1.37. The van der Waals surface area contributed by atoms with Crippen molar-refractivity contribution in [3.05, 3.63) is 12.2 Å². The van der Waals surface area contributed by atoms with Crippen LogP contribution in [0.15, 0.2) is 17.1 Å². The summed E-state index contributed by atoms with van der Waals surface area (Å²) >= 11 is 0. The van der Waals surface area contributed by atoms with Crippen molar-refractivity contribution in [2.45, 2.75) is 6.42 Å². The maximum atomic E-state index is 11.9. The van der Waals surface area contributed by atoms with E-state index in [4.69, 9.17) is 5.73 Å². The third-order valence-corrected chi connectivity index (χ3v) is 4.13. The summed E-state index contributed by atoms with van der Waals surface area (Å²) in [5.41, 5.74) is 3.13. The van der Waals surface area contributed by atoms with Gasteiger partial charge in [0.25, 0.3) is 5.91 Å². The highest BCUT2D eigenvalue weighted by molar-refractivity contribution is 6.12. The van der Waals surface area contributed by atoms with Crippen LogP contribution < -0.4 is 5.73 Å². The number of allylic oxidation sites excluding steroid dienone is 2. The van der Waals surface area contributed by atoms with Crippen LogP contribution in [0, 0.1) is 45.3 Å². The highest BCUT2D eigenvalue weighted by Gasteiger charge is 2.76. The van der Waals surface area contributed by atoms with Crippen molar-refractivity contribution in [1.82, 2.24) is 0 Å². The van der Waals surface area contributed by atoms with Crippen LogP contribution in [0.4, 0.5) is 0 Å². The molecule has 2 aliphatic carbocycles. The van der Waals surface area contributed by atoms with E-state index >= 15 is 0 Å². The number of nitrogens with two attached hydrogens (primary N) is 1. The third-order valence-electron chi connectivity index (χ3n) is 4.13. The second-order valence-corrected chi connectivity index (χ2v) is 4.48. The molecule has 3 rings (SSSR count). The maximum Gasteiger partial charge on any atom is 0.270 e. The fourth-order valence-corrected chi connectivity index (χ4v) is 3.38. The monoisotopic (exact) mass is 212 g/mol. The molecule has 0 saturated heterocycles. The van der Waals surface area contributed by atoms with Gasteiger partial charge in [0.05, 0.1) is 12.1 Å². The Morgan fingerprint density at radius 2 is 1.88 bits per heavy atom. The Morgan fingerprint density at radius 1 is 1.31 bits per heavy atom. The van der Waals surface area contributed by atoms with Gasteiger partial charge in [0.1, 0.15) is 11.3 Å². The molecule has 0 spiro atoms. The second kappa shape index (κ2) is 2.33. The van der Waals surface area contributed by atoms with Crippen molar-refractivity contribution in [3.8, 4) is 12.1 Å². The van der Waals surface area contributed by atoms with Crippen molar-refractivity contribution in [1.29, 1.82) is 10.5 Å². The normalized spacial score (nSPS) is 47.4. The number of carbonyl (C=O) groups excluding carboxylic acids is 1. The molecule has 0 aromatic carbocycles. The Bertz CT molecular complexity index is 549. The van der Waals surface area contributed by atoms with Gasteiger partial charge in [-0.05, 0) is 6.42 Å². The molecule has 0 aromatic heterocycles. The zero-order valence-electron chi connectivity index (χ0n) is 8.34. The molecule has 1 aliphatic heterocycles. The van der Waals surface area contributed by atoms with E-state index in [1.54, 1.807) is 0 Å². The van der Waals surface area contributed by atoms with Crippen LogP contribution in [-0.2, 0) is 4.79 Å². The number of nitriles is 2.